The van der Waals surface area contributed by atoms with Crippen molar-refractivity contribution in [3.05, 3.63) is 24.3 Å². The Morgan fingerprint density at radius 3 is 2.74 bits per heavy atom. The van der Waals surface area contributed by atoms with E-state index in [4.69, 9.17) is 14.6 Å². The number of anilines is 1. The predicted molar refractivity (Wildman–Crippen MR) is 68.9 cm³/mol. The molecule has 7 nitrogen and oxygen atoms in total. The second-order valence-corrected chi connectivity index (χ2v) is 5.35. The molecule has 0 aliphatic carbocycles. The lowest BCUT2D eigenvalue weighted by Gasteiger charge is -2.09. The van der Waals surface area contributed by atoms with Gasteiger partial charge in [-0.3, -0.25) is 9.52 Å². The summed E-state index contributed by atoms with van der Waals surface area (Å²) in [4.78, 5) is 10.4. The molecule has 0 saturated carbocycles. The quantitative estimate of drug-likeness (QED) is 0.677. The summed E-state index contributed by atoms with van der Waals surface area (Å²) in [6.07, 6.45) is 0. The first-order valence-electron chi connectivity index (χ1n) is 5.37. The molecule has 0 amide bonds. The van der Waals surface area contributed by atoms with Gasteiger partial charge < -0.3 is 14.6 Å². The zero-order valence-corrected chi connectivity index (χ0v) is 11.1. The smallest absolute Gasteiger partial charge is 0.320 e. The molecule has 0 fully saturated rings. The molecule has 0 atom stereocenters. The third kappa shape index (κ3) is 6.07. The molecule has 1 aromatic rings. The van der Waals surface area contributed by atoms with Crippen LogP contribution in [0.4, 0.5) is 5.69 Å². The number of hydrogen-bond donors (Lipinski definition) is 2. The van der Waals surface area contributed by atoms with Crippen LogP contribution < -0.4 is 9.46 Å². The predicted octanol–water partition coefficient (Wildman–Crippen LogP) is 0.538. The van der Waals surface area contributed by atoms with Crippen molar-refractivity contribution in [2.45, 2.75) is 0 Å². The number of hydrogen-bond acceptors (Lipinski definition) is 5. The molecular weight excluding hydrogens is 274 g/mol. The minimum Gasteiger partial charge on any atom is -0.491 e. The van der Waals surface area contributed by atoms with Crippen LogP contribution in [0.25, 0.3) is 0 Å². The van der Waals surface area contributed by atoms with Crippen LogP contribution in [0.1, 0.15) is 0 Å². The first-order chi connectivity index (χ1) is 8.93. The third-order valence-corrected chi connectivity index (χ3v) is 3.15. The summed E-state index contributed by atoms with van der Waals surface area (Å²) in [7, 11) is -2.36. The highest BCUT2D eigenvalue weighted by Gasteiger charge is 2.15. The van der Waals surface area contributed by atoms with Crippen molar-refractivity contribution in [1.29, 1.82) is 0 Å². The Bertz CT molecular complexity index is 528. The third-order valence-electron chi connectivity index (χ3n) is 1.98. The first kappa shape index (κ1) is 15.3. The topological polar surface area (TPSA) is 102 Å². The Hall–Kier alpha value is -1.80. The van der Waals surface area contributed by atoms with E-state index in [9.17, 15) is 13.2 Å². The molecule has 19 heavy (non-hydrogen) atoms. The molecule has 0 heterocycles. The second-order valence-electron chi connectivity index (χ2n) is 3.62. The van der Waals surface area contributed by atoms with Gasteiger partial charge in [-0.1, -0.05) is 6.07 Å². The van der Waals surface area contributed by atoms with Crippen molar-refractivity contribution in [3.8, 4) is 5.75 Å². The van der Waals surface area contributed by atoms with Crippen LogP contribution in [0, 0.1) is 0 Å². The molecule has 0 spiro atoms. The molecule has 0 aliphatic heterocycles. The van der Waals surface area contributed by atoms with Gasteiger partial charge in [-0.05, 0) is 12.1 Å². The summed E-state index contributed by atoms with van der Waals surface area (Å²) in [5.41, 5.74) is 0.246. The Labute approximate surface area is 111 Å². The van der Waals surface area contributed by atoms with Gasteiger partial charge in [0, 0.05) is 13.2 Å². The van der Waals surface area contributed by atoms with Crippen LogP contribution in [-0.4, -0.2) is 45.6 Å². The number of benzene rings is 1. The Balaban J connectivity index is 2.69. The second kappa shape index (κ2) is 6.95. The number of ether oxygens (including phenoxy) is 2. The van der Waals surface area contributed by atoms with E-state index in [1.807, 2.05) is 0 Å². The molecule has 2 N–H and O–H groups in total. The number of carbonyl (C=O) groups is 1. The zero-order chi connectivity index (χ0) is 14.3. The molecule has 106 valence electrons. The highest BCUT2D eigenvalue weighted by Crippen LogP contribution is 2.18. The standard InChI is InChI=1S/C11H15NO6S/c1-17-5-6-18-10-4-2-3-9(7-10)12-19(15,16)8-11(13)14/h2-4,7,12H,5-6,8H2,1H3,(H,13,14). The van der Waals surface area contributed by atoms with Gasteiger partial charge in [0.2, 0.25) is 10.0 Å². The van der Waals surface area contributed by atoms with Crippen LogP contribution in [0.2, 0.25) is 0 Å². The number of sulfonamides is 1. The molecule has 0 aromatic heterocycles. The summed E-state index contributed by atoms with van der Waals surface area (Å²) in [6, 6.07) is 6.23. The van der Waals surface area contributed by atoms with Crippen molar-refractivity contribution >= 4 is 21.7 Å². The van der Waals surface area contributed by atoms with Crippen molar-refractivity contribution in [2.75, 3.05) is 30.8 Å². The molecule has 8 heteroatoms. The molecule has 0 radical (unpaired) electrons. The van der Waals surface area contributed by atoms with Gasteiger partial charge in [0.1, 0.15) is 12.4 Å². The fourth-order valence-corrected chi connectivity index (χ4v) is 2.15. The van der Waals surface area contributed by atoms with Crippen molar-refractivity contribution in [2.24, 2.45) is 0 Å². The number of nitrogens with one attached hydrogen (secondary N) is 1. The first-order valence-corrected chi connectivity index (χ1v) is 7.02. The van der Waals surface area contributed by atoms with Crippen LogP contribution >= 0.6 is 0 Å². The number of carboxylic acids is 1. The van der Waals surface area contributed by atoms with E-state index < -0.39 is 21.7 Å². The van der Waals surface area contributed by atoms with Crippen LogP contribution in [0.3, 0.4) is 0 Å². The summed E-state index contributed by atoms with van der Waals surface area (Å²) in [5, 5.41) is 8.47. The van der Waals surface area contributed by atoms with Gasteiger partial charge in [-0.25, -0.2) is 8.42 Å². The number of rotatable bonds is 8. The summed E-state index contributed by atoms with van der Waals surface area (Å²) < 4.78 is 35.1. The van der Waals surface area contributed by atoms with Gasteiger partial charge in [-0.2, -0.15) is 0 Å². The fourth-order valence-electron chi connectivity index (χ4n) is 1.27. The van der Waals surface area contributed by atoms with E-state index in [1.54, 1.807) is 19.2 Å². The molecule has 1 rings (SSSR count). The van der Waals surface area contributed by atoms with E-state index in [2.05, 4.69) is 4.72 Å². The Kier molecular flexibility index (Phi) is 5.58. The molecule has 1 aromatic carbocycles. The zero-order valence-electron chi connectivity index (χ0n) is 10.3. The van der Waals surface area contributed by atoms with E-state index in [0.29, 0.717) is 19.0 Å². The van der Waals surface area contributed by atoms with E-state index >= 15 is 0 Å². The lowest BCUT2D eigenvalue weighted by Crippen LogP contribution is -2.22. The fraction of sp³-hybridized carbons (Fsp3) is 0.364. The van der Waals surface area contributed by atoms with Gasteiger partial charge in [-0.15, -0.1) is 0 Å². The Morgan fingerprint density at radius 1 is 1.37 bits per heavy atom. The van der Waals surface area contributed by atoms with Crippen molar-refractivity contribution < 1.29 is 27.8 Å². The number of aliphatic carboxylic acids is 1. The molecule has 0 aliphatic rings. The minimum atomic E-state index is -3.91. The average Bonchev–Trinajstić information content (AvgIpc) is 2.27. The maximum absolute atomic E-state index is 11.4. The average molecular weight is 289 g/mol. The SMILES string of the molecule is COCCOc1cccc(NS(=O)(=O)CC(=O)O)c1. The van der Waals surface area contributed by atoms with E-state index in [1.165, 1.54) is 12.1 Å². The van der Waals surface area contributed by atoms with Crippen LogP contribution in [0.5, 0.6) is 5.75 Å². The summed E-state index contributed by atoms with van der Waals surface area (Å²) in [5.74, 6) is -1.94. The van der Waals surface area contributed by atoms with Gasteiger partial charge >= 0.3 is 5.97 Å². The van der Waals surface area contributed by atoms with Gasteiger partial charge in [0.25, 0.3) is 0 Å². The maximum atomic E-state index is 11.4. The van der Waals surface area contributed by atoms with E-state index in [0.717, 1.165) is 0 Å². The van der Waals surface area contributed by atoms with Crippen LogP contribution in [-0.2, 0) is 19.6 Å². The van der Waals surface area contributed by atoms with Crippen molar-refractivity contribution in [3.63, 3.8) is 0 Å². The minimum absolute atomic E-state index is 0.246. The van der Waals surface area contributed by atoms with Crippen molar-refractivity contribution in [1.82, 2.24) is 0 Å². The normalized spacial score (nSPS) is 11.0. The molecule has 0 saturated heterocycles. The Morgan fingerprint density at radius 2 is 2.11 bits per heavy atom. The lowest BCUT2D eigenvalue weighted by atomic mass is 10.3. The monoisotopic (exact) mass is 289 g/mol. The largest absolute Gasteiger partial charge is 0.491 e. The van der Waals surface area contributed by atoms with Gasteiger partial charge in [0.05, 0.1) is 12.3 Å². The lowest BCUT2D eigenvalue weighted by molar-refractivity contribution is -0.134. The number of carboxylic acid groups (broad SMARTS) is 1. The molecule has 0 bridgehead atoms. The maximum Gasteiger partial charge on any atom is 0.320 e. The van der Waals surface area contributed by atoms with E-state index in [-0.39, 0.29) is 5.69 Å². The van der Waals surface area contributed by atoms with Crippen LogP contribution in [0.15, 0.2) is 24.3 Å². The van der Waals surface area contributed by atoms with Gasteiger partial charge in [0.15, 0.2) is 5.75 Å². The molecular formula is C11H15NO6S. The summed E-state index contributed by atoms with van der Waals surface area (Å²) in [6.45, 7) is 0.747. The highest BCUT2D eigenvalue weighted by molar-refractivity contribution is 7.93. The highest BCUT2D eigenvalue weighted by atomic mass is 32.2. The number of methoxy groups -OCH3 is 1. The summed E-state index contributed by atoms with van der Waals surface area (Å²) >= 11 is 0. The molecule has 0 unspecified atom stereocenters.